The van der Waals surface area contributed by atoms with Gasteiger partial charge in [-0.05, 0) is 37.1 Å². The maximum absolute atomic E-state index is 11.1. The molecule has 0 aromatic heterocycles. The molecule has 0 aliphatic heterocycles. The number of carbonyl (C=O) groups excluding carboxylic acids is 1. The van der Waals surface area contributed by atoms with E-state index in [1.54, 1.807) is 12.1 Å². The van der Waals surface area contributed by atoms with E-state index in [2.05, 4.69) is 53.3 Å². The Kier molecular flexibility index (Phi) is 9.12. The third-order valence-corrected chi connectivity index (χ3v) is 3.89. The standard InChI is InChI=1S/C20H26N4O.HI/c1-4-22-20(24(3)14-17-7-5-15(2)6-8-17)23-13-16-9-11-18(12-10-16)19(21)25;/h5-12H,4,13-14H2,1-3H3,(H2,21,25)(H,22,23);1H. The Morgan fingerprint density at radius 1 is 1.08 bits per heavy atom. The number of nitrogens with two attached hydrogens (primary N) is 1. The van der Waals surface area contributed by atoms with Crippen LogP contribution in [-0.2, 0) is 13.1 Å². The second-order valence-corrected chi connectivity index (χ2v) is 6.07. The van der Waals surface area contributed by atoms with E-state index in [0.717, 1.165) is 24.6 Å². The summed E-state index contributed by atoms with van der Waals surface area (Å²) in [7, 11) is 2.03. The Balaban J connectivity index is 0.00000338. The molecule has 0 bridgehead atoms. The molecule has 1 amide bonds. The van der Waals surface area contributed by atoms with Gasteiger partial charge in [0.2, 0.25) is 5.91 Å². The zero-order valence-corrected chi connectivity index (χ0v) is 17.9. The summed E-state index contributed by atoms with van der Waals surface area (Å²) in [6, 6.07) is 15.7. The molecule has 3 N–H and O–H groups in total. The smallest absolute Gasteiger partial charge is 0.248 e. The van der Waals surface area contributed by atoms with E-state index in [9.17, 15) is 4.79 Å². The van der Waals surface area contributed by atoms with Crippen LogP contribution >= 0.6 is 24.0 Å². The van der Waals surface area contributed by atoms with Crippen LogP contribution in [0.4, 0.5) is 0 Å². The van der Waals surface area contributed by atoms with Crippen molar-refractivity contribution in [3.05, 3.63) is 70.8 Å². The van der Waals surface area contributed by atoms with Crippen molar-refractivity contribution in [2.24, 2.45) is 10.7 Å². The zero-order valence-electron chi connectivity index (χ0n) is 15.5. The van der Waals surface area contributed by atoms with Crippen LogP contribution in [0.1, 0.15) is 34.0 Å². The highest BCUT2D eigenvalue weighted by Gasteiger charge is 2.07. The van der Waals surface area contributed by atoms with Crippen LogP contribution in [0.2, 0.25) is 0 Å². The van der Waals surface area contributed by atoms with Crippen molar-refractivity contribution in [1.29, 1.82) is 0 Å². The molecular formula is C20H27IN4O. The summed E-state index contributed by atoms with van der Waals surface area (Å²) in [6.07, 6.45) is 0. The second kappa shape index (κ2) is 10.8. The molecule has 0 radical (unpaired) electrons. The van der Waals surface area contributed by atoms with E-state index >= 15 is 0 Å². The van der Waals surface area contributed by atoms with Gasteiger partial charge in [-0.1, -0.05) is 42.0 Å². The highest BCUT2D eigenvalue weighted by atomic mass is 127. The van der Waals surface area contributed by atoms with Crippen LogP contribution in [0, 0.1) is 6.92 Å². The van der Waals surface area contributed by atoms with E-state index in [1.807, 2.05) is 19.2 Å². The molecule has 0 fully saturated rings. The van der Waals surface area contributed by atoms with Crippen LogP contribution in [0.25, 0.3) is 0 Å². The van der Waals surface area contributed by atoms with Crippen LogP contribution in [0.15, 0.2) is 53.5 Å². The second-order valence-electron chi connectivity index (χ2n) is 6.07. The van der Waals surface area contributed by atoms with Crippen molar-refractivity contribution in [2.45, 2.75) is 26.9 Å². The summed E-state index contributed by atoms with van der Waals surface area (Å²) in [5, 5.41) is 3.32. The van der Waals surface area contributed by atoms with Crippen molar-refractivity contribution < 1.29 is 4.79 Å². The van der Waals surface area contributed by atoms with Crippen LogP contribution in [0.5, 0.6) is 0 Å². The largest absolute Gasteiger partial charge is 0.366 e. The first kappa shape index (κ1) is 22.0. The first-order valence-electron chi connectivity index (χ1n) is 8.43. The maximum atomic E-state index is 11.1. The van der Waals surface area contributed by atoms with Crippen molar-refractivity contribution in [3.63, 3.8) is 0 Å². The summed E-state index contributed by atoms with van der Waals surface area (Å²) in [5.74, 6) is 0.434. The minimum atomic E-state index is -0.416. The van der Waals surface area contributed by atoms with Gasteiger partial charge in [-0.15, -0.1) is 24.0 Å². The lowest BCUT2D eigenvalue weighted by Crippen LogP contribution is -2.38. The lowest BCUT2D eigenvalue weighted by molar-refractivity contribution is 0.100. The molecule has 0 saturated heterocycles. The normalized spacial score (nSPS) is 10.8. The number of nitrogens with zero attached hydrogens (tertiary/aromatic N) is 2. The summed E-state index contributed by atoms with van der Waals surface area (Å²) in [6.45, 7) is 6.27. The Bertz CT molecular complexity index is 726. The minimum Gasteiger partial charge on any atom is -0.366 e. The summed E-state index contributed by atoms with van der Waals surface area (Å²) in [4.78, 5) is 17.9. The molecule has 26 heavy (non-hydrogen) atoms. The highest BCUT2D eigenvalue weighted by Crippen LogP contribution is 2.08. The SMILES string of the molecule is CCNC(=NCc1ccc(C(N)=O)cc1)N(C)Cc1ccc(C)cc1.I. The number of nitrogens with one attached hydrogen (secondary N) is 1. The van der Waals surface area contributed by atoms with E-state index in [4.69, 9.17) is 5.73 Å². The fourth-order valence-electron chi connectivity index (χ4n) is 2.45. The highest BCUT2D eigenvalue weighted by molar-refractivity contribution is 14.0. The molecule has 2 aromatic rings. The topological polar surface area (TPSA) is 70.7 Å². The van der Waals surface area contributed by atoms with Crippen molar-refractivity contribution in [2.75, 3.05) is 13.6 Å². The molecule has 0 aliphatic rings. The lowest BCUT2D eigenvalue weighted by atomic mass is 10.1. The fourth-order valence-corrected chi connectivity index (χ4v) is 2.45. The third-order valence-electron chi connectivity index (χ3n) is 3.89. The maximum Gasteiger partial charge on any atom is 0.248 e. The number of rotatable bonds is 6. The first-order valence-corrected chi connectivity index (χ1v) is 8.43. The van der Waals surface area contributed by atoms with E-state index in [1.165, 1.54) is 11.1 Å². The molecule has 0 aliphatic carbocycles. The molecule has 2 rings (SSSR count). The molecule has 0 saturated carbocycles. The Labute approximate surface area is 172 Å². The number of hydrogen-bond donors (Lipinski definition) is 2. The van der Waals surface area contributed by atoms with E-state index < -0.39 is 5.91 Å². The van der Waals surface area contributed by atoms with Crippen LogP contribution < -0.4 is 11.1 Å². The molecule has 6 heteroatoms. The first-order chi connectivity index (χ1) is 12.0. The lowest BCUT2D eigenvalue weighted by Gasteiger charge is -2.22. The number of primary amides is 1. The van der Waals surface area contributed by atoms with Gasteiger partial charge in [0.25, 0.3) is 0 Å². The van der Waals surface area contributed by atoms with Gasteiger partial charge in [0.1, 0.15) is 0 Å². The Morgan fingerprint density at radius 2 is 1.65 bits per heavy atom. The third kappa shape index (κ3) is 6.67. The molecule has 0 atom stereocenters. The van der Waals surface area contributed by atoms with Gasteiger partial charge in [0, 0.05) is 25.7 Å². The average Bonchev–Trinajstić information content (AvgIpc) is 2.60. The number of benzene rings is 2. The predicted molar refractivity (Wildman–Crippen MR) is 118 cm³/mol. The molecule has 140 valence electrons. The Hall–Kier alpha value is -2.09. The van der Waals surface area contributed by atoms with Crippen LogP contribution in [0.3, 0.4) is 0 Å². The number of aliphatic imine (C=N–C) groups is 1. The minimum absolute atomic E-state index is 0. The number of carbonyl (C=O) groups is 1. The van der Waals surface area contributed by atoms with Gasteiger partial charge >= 0.3 is 0 Å². The fraction of sp³-hybridized carbons (Fsp3) is 0.300. The number of amides is 1. The van der Waals surface area contributed by atoms with Crippen molar-refractivity contribution in [1.82, 2.24) is 10.2 Å². The van der Waals surface area contributed by atoms with Crippen LogP contribution in [-0.4, -0.2) is 30.4 Å². The van der Waals surface area contributed by atoms with Gasteiger partial charge in [-0.2, -0.15) is 0 Å². The predicted octanol–water partition coefficient (Wildman–Crippen LogP) is 3.31. The van der Waals surface area contributed by atoms with Gasteiger partial charge in [0.05, 0.1) is 6.54 Å². The molecule has 0 unspecified atom stereocenters. The Morgan fingerprint density at radius 3 is 2.19 bits per heavy atom. The van der Waals surface area contributed by atoms with E-state index in [0.29, 0.717) is 12.1 Å². The van der Waals surface area contributed by atoms with E-state index in [-0.39, 0.29) is 24.0 Å². The molecular weight excluding hydrogens is 439 g/mol. The number of guanidine groups is 1. The summed E-state index contributed by atoms with van der Waals surface area (Å²) < 4.78 is 0. The van der Waals surface area contributed by atoms with Gasteiger partial charge in [0.15, 0.2) is 5.96 Å². The molecule has 0 heterocycles. The quantitative estimate of drug-likeness (QED) is 0.390. The number of hydrogen-bond acceptors (Lipinski definition) is 2. The summed E-state index contributed by atoms with van der Waals surface area (Å²) in [5.41, 5.74) is 9.30. The van der Waals surface area contributed by atoms with Crippen molar-refractivity contribution in [3.8, 4) is 0 Å². The van der Waals surface area contributed by atoms with Crippen molar-refractivity contribution >= 4 is 35.8 Å². The molecule has 2 aromatic carbocycles. The summed E-state index contributed by atoms with van der Waals surface area (Å²) >= 11 is 0. The number of aryl methyl sites for hydroxylation is 1. The molecule has 0 spiro atoms. The van der Waals surface area contributed by atoms with Gasteiger partial charge < -0.3 is 16.0 Å². The zero-order chi connectivity index (χ0) is 18.2. The number of halogens is 1. The van der Waals surface area contributed by atoms with Gasteiger partial charge in [-0.3, -0.25) is 4.79 Å². The van der Waals surface area contributed by atoms with Gasteiger partial charge in [-0.25, -0.2) is 4.99 Å². The average molecular weight is 466 g/mol. The monoisotopic (exact) mass is 466 g/mol. The molecule has 5 nitrogen and oxygen atoms in total.